The molecule has 0 spiro atoms. The van der Waals surface area contributed by atoms with Crippen LogP contribution in [0.4, 0.5) is 0 Å². The van der Waals surface area contributed by atoms with Crippen LogP contribution in [0.1, 0.15) is 0 Å². The Hall–Kier alpha value is 4.47. The van der Waals surface area contributed by atoms with E-state index in [9.17, 15) is 0 Å². The van der Waals surface area contributed by atoms with Gasteiger partial charge in [0.15, 0.2) is 0 Å². The van der Waals surface area contributed by atoms with E-state index in [1.807, 2.05) is 0 Å². The average Bonchev–Trinajstić information content (AvgIpc) is 1.27. The first-order chi connectivity index (χ1) is 3.41. The van der Waals surface area contributed by atoms with E-state index in [0.29, 0.717) is 0 Å². The molecule has 0 atom stereocenters. The molecule has 0 aliphatic heterocycles. The summed E-state index contributed by atoms with van der Waals surface area (Å²) in [6.07, 6.45) is 0. The minimum absolute atomic E-state index is 0. The molecule has 8 nitrogen and oxygen atoms in total. The summed E-state index contributed by atoms with van der Waals surface area (Å²) in [5.74, 6) is 0. The molecule has 14 heavy (non-hydrogen) atoms. The van der Waals surface area contributed by atoms with Gasteiger partial charge in [-0.15, -0.1) is 0 Å². The number of hydrogen-bond donors (Lipinski definition) is 4. The van der Waals surface area contributed by atoms with Crippen LogP contribution in [0, 0.1) is 10.1 Å². The normalized spacial score (nSPS) is 5.07. The molecule has 0 rings (SSSR count). The quantitative estimate of drug-likeness (QED) is 0.149. The second kappa shape index (κ2) is 36.0. The van der Waals surface area contributed by atoms with E-state index < -0.39 is 7.82 Å². The fraction of sp³-hybridized carbons (Fsp3) is 0. The van der Waals surface area contributed by atoms with Gasteiger partial charge in [-0.2, -0.15) is 0 Å². The Kier molecular flexibility index (Phi) is 132. The van der Waals surface area contributed by atoms with Crippen LogP contribution in [-0.4, -0.2) is 168 Å². The first kappa shape index (κ1) is 51.4. The molecule has 0 saturated heterocycles. The minimum atomic E-state index is -4.64. The van der Waals surface area contributed by atoms with Crippen molar-refractivity contribution in [1.29, 1.82) is 0 Å². The van der Waals surface area contributed by atoms with Crippen molar-refractivity contribution < 1.29 is 30.1 Å². The Bertz CT molecular complexity index is 96.0. The van der Waals surface area contributed by atoms with Crippen molar-refractivity contribution in [2.24, 2.45) is 0 Å². The van der Waals surface area contributed by atoms with Gasteiger partial charge in [-0.1, -0.05) is 0 Å². The molecular formula is H11NNa5O7P. The van der Waals surface area contributed by atoms with E-state index in [-0.39, 0.29) is 159 Å². The second-order valence-corrected chi connectivity index (χ2v) is 1.62. The number of rotatable bonds is 0. The van der Waals surface area contributed by atoms with Gasteiger partial charge < -0.3 is 20.2 Å². The zero-order chi connectivity index (χ0) is 7.21. The topological polar surface area (TPSA) is 163 Å². The van der Waals surface area contributed by atoms with Crippen LogP contribution in [0.3, 0.4) is 0 Å². The maximum absolute atomic E-state index is 8.88. The van der Waals surface area contributed by atoms with Crippen LogP contribution in [0.5, 0.6) is 0 Å². The van der Waals surface area contributed by atoms with E-state index in [0.717, 1.165) is 0 Å². The van der Waals surface area contributed by atoms with Crippen molar-refractivity contribution in [3.05, 3.63) is 10.1 Å². The summed E-state index contributed by atoms with van der Waals surface area (Å²) in [5.41, 5.74) is 0. The second-order valence-electron chi connectivity index (χ2n) is 0.597. The third-order valence-electron chi connectivity index (χ3n) is 0. The van der Waals surface area contributed by atoms with E-state index in [1.165, 1.54) is 0 Å². The Morgan fingerprint density at radius 2 is 0.929 bits per heavy atom. The summed E-state index contributed by atoms with van der Waals surface area (Å²) in [7, 11) is -4.64. The van der Waals surface area contributed by atoms with Gasteiger partial charge in [-0.25, -0.2) is 4.57 Å². The fourth-order valence-corrected chi connectivity index (χ4v) is 0. The van der Waals surface area contributed by atoms with E-state index >= 15 is 0 Å². The third-order valence-corrected chi connectivity index (χ3v) is 0. The molecule has 0 amide bonds. The number of hydrogen-bond acceptors (Lipinski definition) is 3. The Morgan fingerprint density at radius 3 is 0.929 bits per heavy atom. The van der Waals surface area contributed by atoms with E-state index in [1.54, 1.807) is 0 Å². The van der Waals surface area contributed by atoms with Crippen LogP contribution in [-0.2, 0) is 4.57 Å². The molecule has 0 bridgehead atoms. The molecule has 68 valence electrons. The molecule has 6 N–H and O–H groups in total. The Balaban J connectivity index is -0.00000000626. The van der Waals surface area contributed by atoms with Crippen molar-refractivity contribution in [2.75, 3.05) is 0 Å². The van der Waals surface area contributed by atoms with E-state index in [4.69, 9.17) is 29.4 Å². The molecule has 0 radical (unpaired) electrons. The summed E-state index contributed by atoms with van der Waals surface area (Å²) < 4.78 is 8.88. The standard InChI is InChI=1S/HNO2.5Na.H3O4P.H2O.5H/c2-1-3;;;;;;1-5(2,3)4;;;;;;/h1H;;;;;;(H3,1,2,3,4);1H2;;;;;. The molecule has 0 unspecified atom stereocenters. The third kappa shape index (κ3) is 197. The molecule has 0 aliphatic rings. The fourth-order valence-electron chi connectivity index (χ4n) is 0. The number of nitrogens with one attached hydrogen (secondary N) is 1. The molecule has 0 fully saturated rings. The number of phosphoric acid groups is 1. The van der Waals surface area contributed by atoms with Crippen LogP contribution in [0.15, 0.2) is 0 Å². The van der Waals surface area contributed by atoms with Crippen molar-refractivity contribution in [3.8, 4) is 0 Å². The molecule has 0 aliphatic carbocycles. The monoisotopic (exact) mass is 283 g/mol. The zero-order valence-corrected chi connectivity index (χ0v) is 4.91. The van der Waals surface area contributed by atoms with Gasteiger partial charge in [0.05, 0.1) is 0 Å². The van der Waals surface area contributed by atoms with Crippen LogP contribution in [0.2, 0.25) is 0 Å². The summed E-state index contributed by atoms with van der Waals surface area (Å²) in [6.45, 7) is 0. The van der Waals surface area contributed by atoms with Crippen LogP contribution >= 0.6 is 7.82 Å². The van der Waals surface area contributed by atoms with Crippen molar-refractivity contribution in [1.82, 2.24) is 0 Å². The maximum atomic E-state index is 8.88. The Morgan fingerprint density at radius 1 is 0.929 bits per heavy atom. The van der Waals surface area contributed by atoms with Gasteiger partial charge in [0.2, 0.25) is 0 Å². The molecular weight excluding hydrogens is 272 g/mol. The molecule has 0 aromatic rings. The predicted molar refractivity (Wildman–Crippen MR) is 61.3 cm³/mol. The zero-order valence-electron chi connectivity index (χ0n) is 4.01. The van der Waals surface area contributed by atoms with Gasteiger partial charge in [0.1, 0.15) is 0 Å². The first-order valence-electron chi connectivity index (χ1n) is 1.19. The summed E-state index contributed by atoms with van der Waals surface area (Å²) >= 11 is 0. The molecule has 14 heteroatoms. The first-order valence-corrected chi connectivity index (χ1v) is 2.76. The molecule has 0 aromatic carbocycles. The van der Waals surface area contributed by atoms with Gasteiger partial charge in [-0.3, -0.25) is 10.1 Å². The Labute approximate surface area is 191 Å². The van der Waals surface area contributed by atoms with Gasteiger partial charge in [0.25, 0.3) is 0 Å². The van der Waals surface area contributed by atoms with Crippen molar-refractivity contribution in [3.63, 3.8) is 0 Å². The van der Waals surface area contributed by atoms with Gasteiger partial charge >= 0.3 is 156 Å². The molecule has 0 heterocycles. The molecule has 0 aromatic heterocycles. The van der Waals surface area contributed by atoms with Gasteiger partial charge in [0, 0.05) is 5.34 Å². The summed E-state index contributed by atoms with van der Waals surface area (Å²) in [4.78, 5) is 29.7. The summed E-state index contributed by atoms with van der Waals surface area (Å²) in [6, 6.07) is 0. The molecule has 0 saturated carbocycles. The average molecular weight is 283 g/mol. The van der Waals surface area contributed by atoms with Gasteiger partial charge in [-0.05, 0) is 0 Å². The van der Waals surface area contributed by atoms with E-state index in [2.05, 4.69) is 0 Å². The van der Waals surface area contributed by atoms with Crippen LogP contribution < -0.4 is 5.34 Å². The predicted octanol–water partition coefficient (Wildman–Crippen LogP) is -6.66. The van der Waals surface area contributed by atoms with Crippen molar-refractivity contribution in [2.45, 2.75) is 0 Å². The SMILES string of the molecule is O.O=P(O)(O)O.O=[NH+][O-].[NaH].[NaH].[NaH].[NaH].[NaH]. The summed E-state index contributed by atoms with van der Waals surface area (Å²) in [5, 5.41) is 8.38. The van der Waals surface area contributed by atoms with Crippen LogP contribution in [0.25, 0.3) is 0 Å². The van der Waals surface area contributed by atoms with Crippen molar-refractivity contribution >= 4 is 156 Å².